The number of thiocarbonyl (C=S) groups is 1. The van der Waals surface area contributed by atoms with Crippen molar-refractivity contribution < 1.29 is 9.47 Å². The zero-order valence-electron chi connectivity index (χ0n) is 22.3. The summed E-state index contributed by atoms with van der Waals surface area (Å²) in [7, 11) is 1.69. The number of piperazine rings is 1. The van der Waals surface area contributed by atoms with Crippen LogP contribution in [0.25, 0.3) is 10.9 Å². The summed E-state index contributed by atoms with van der Waals surface area (Å²) in [6.07, 6.45) is 12.8. The Balaban J connectivity index is 1.17. The highest BCUT2D eigenvalue weighted by atomic mass is 32.2. The summed E-state index contributed by atoms with van der Waals surface area (Å²) in [5.74, 6) is 3.85. The minimum atomic E-state index is 0.468. The molecule has 0 spiro atoms. The van der Waals surface area contributed by atoms with Gasteiger partial charge >= 0.3 is 0 Å². The van der Waals surface area contributed by atoms with Gasteiger partial charge in [0.2, 0.25) is 0 Å². The molecule has 0 radical (unpaired) electrons. The van der Waals surface area contributed by atoms with Gasteiger partial charge in [-0.3, -0.25) is 4.99 Å². The number of benzene rings is 1. The van der Waals surface area contributed by atoms with Crippen molar-refractivity contribution in [1.29, 1.82) is 0 Å². The molecule has 1 aromatic carbocycles. The lowest BCUT2D eigenvalue weighted by Gasteiger charge is -2.37. The van der Waals surface area contributed by atoms with E-state index >= 15 is 0 Å². The maximum atomic E-state index is 6.16. The molecule has 0 amide bonds. The van der Waals surface area contributed by atoms with Crippen molar-refractivity contribution >= 4 is 51.2 Å². The number of thioether (sulfide) groups is 1. The second-order valence-electron chi connectivity index (χ2n) is 10.0. The highest BCUT2D eigenvalue weighted by Gasteiger charge is 2.23. The third kappa shape index (κ3) is 6.95. The first-order valence-corrected chi connectivity index (χ1v) is 15.1. The fraction of sp³-hybridized carbons (Fsp3) is 0.571. The molecule has 0 saturated carbocycles. The lowest BCUT2D eigenvalue weighted by molar-refractivity contribution is 0.203. The second-order valence-corrected chi connectivity index (χ2v) is 11.7. The minimum absolute atomic E-state index is 0.468. The number of fused-ring (bicyclic) bond motifs is 1. The normalized spacial score (nSPS) is 20.2. The molecule has 10 heteroatoms. The molecule has 1 unspecified atom stereocenters. The van der Waals surface area contributed by atoms with Crippen LogP contribution in [0.3, 0.4) is 0 Å². The van der Waals surface area contributed by atoms with Crippen molar-refractivity contribution in [3.63, 3.8) is 0 Å². The Labute approximate surface area is 235 Å². The summed E-state index contributed by atoms with van der Waals surface area (Å²) in [6.45, 7) is 8.51. The van der Waals surface area contributed by atoms with E-state index in [2.05, 4.69) is 35.7 Å². The molecule has 1 aromatic heterocycles. The minimum Gasteiger partial charge on any atom is -0.493 e. The molecule has 4 heterocycles. The first-order valence-electron chi connectivity index (χ1n) is 13.7. The number of piperidine rings is 1. The third-order valence-corrected chi connectivity index (χ3v) is 9.11. The Hall–Kier alpha value is -2.43. The lowest BCUT2D eigenvalue weighted by Crippen LogP contribution is -2.48. The second kappa shape index (κ2) is 13.6. The fourth-order valence-electron chi connectivity index (χ4n) is 5.23. The van der Waals surface area contributed by atoms with Crippen molar-refractivity contribution in [2.75, 3.05) is 76.7 Å². The summed E-state index contributed by atoms with van der Waals surface area (Å²) >= 11 is 7.52. The maximum absolute atomic E-state index is 6.16. The number of likely N-dealkylation sites (tertiary alicyclic amines) is 1. The van der Waals surface area contributed by atoms with Crippen LogP contribution in [0.2, 0.25) is 0 Å². The van der Waals surface area contributed by atoms with Crippen molar-refractivity contribution in [3.05, 3.63) is 30.6 Å². The van der Waals surface area contributed by atoms with Crippen LogP contribution in [0.5, 0.6) is 11.5 Å². The molecule has 204 valence electrons. The molecule has 2 aromatic rings. The zero-order valence-corrected chi connectivity index (χ0v) is 23.9. The number of rotatable bonds is 9. The van der Waals surface area contributed by atoms with Crippen LogP contribution < -0.4 is 14.4 Å². The number of aromatic nitrogens is 2. The molecule has 2 saturated heterocycles. The van der Waals surface area contributed by atoms with E-state index in [9.17, 15) is 0 Å². The average molecular weight is 555 g/mol. The van der Waals surface area contributed by atoms with E-state index in [1.807, 2.05) is 24.4 Å². The Kier molecular flexibility index (Phi) is 9.70. The molecule has 0 bridgehead atoms. The van der Waals surface area contributed by atoms with E-state index < -0.39 is 0 Å². The topological polar surface area (TPSA) is 66.3 Å². The summed E-state index contributed by atoms with van der Waals surface area (Å²) in [6, 6.07) is 4.02. The Morgan fingerprint density at radius 3 is 2.66 bits per heavy atom. The van der Waals surface area contributed by atoms with E-state index in [1.165, 1.54) is 32.4 Å². The molecular formula is C28H38N6O2S2. The average Bonchev–Trinajstić information content (AvgIpc) is 2.98. The summed E-state index contributed by atoms with van der Waals surface area (Å²) in [5, 5.41) is 0.986. The highest BCUT2D eigenvalue weighted by Crippen LogP contribution is 2.35. The highest BCUT2D eigenvalue weighted by molar-refractivity contribution is 8.22. The van der Waals surface area contributed by atoms with E-state index in [1.54, 1.807) is 25.2 Å². The van der Waals surface area contributed by atoms with Crippen LogP contribution in [-0.2, 0) is 0 Å². The number of hydrogen-bond acceptors (Lipinski definition) is 9. The van der Waals surface area contributed by atoms with E-state index in [-0.39, 0.29) is 0 Å². The molecule has 0 aliphatic carbocycles. The number of allylic oxidation sites excluding steroid dienone is 1. The van der Waals surface area contributed by atoms with Crippen LogP contribution in [0.4, 0.5) is 5.82 Å². The van der Waals surface area contributed by atoms with Crippen molar-refractivity contribution in [1.82, 2.24) is 19.8 Å². The first-order chi connectivity index (χ1) is 18.7. The van der Waals surface area contributed by atoms with Crippen LogP contribution in [0.15, 0.2) is 35.6 Å². The molecule has 1 atom stereocenters. The van der Waals surface area contributed by atoms with Crippen molar-refractivity contribution in [3.8, 4) is 11.5 Å². The van der Waals surface area contributed by atoms with Crippen molar-refractivity contribution in [2.45, 2.75) is 25.7 Å². The van der Waals surface area contributed by atoms with E-state index in [0.717, 1.165) is 84.0 Å². The molecule has 3 aliphatic rings. The van der Waals surface area contributed by atoms with Gasteiger partial charge in [0, 0.05) is 68.6 Å². The van der Waals surface area contributed by atoms with E-state index in [4.69, 9.17) is 21.7 Å². The molecule has 0 N–H and O–H groups in total. The zero-order chi connectivity index (χ0) is 26.2. The predicted octanol–water partition coefficient (Wildman–Crippen LogP) is 4.29. The molecular weight excluding hydrogens is 516 g/mol. The number of aliphatic imine (C=N–C) groups is 1. The SMILES string of the molecule is COc1cc2c(N3CCN(C(=S)SCC4C=CC=NC4)CC3)ncnc2cc1OCCCN1CCCCC1. The Bertz CT molecular complexity index is 1150. The summed E-state index contributed by atoms with van der Waals surface area (Å²) in [5.41, 5.74) is 0.874. The standard InChI is InChI=1S/C28H38N6O2S2/c1-35-25-17-23-24(18-26(25)36-16-6-11-32-9-3-2-4-10-32)30-21-31-27(23)33-12-14-34(15-13-33)28(37)38-20-22-7-5-8-29-19-22/h5,7-8,17-18,21-22H,2-4,6,9-16,19-20H2,1H3. The number of methoxy groups -OCH3 is 1. The largest absolute Gasteiger partial charge is 0.493 e. The number of ether oxygens (including phenoxy) is 2. The predicted molar refractivity (Wildman–Crippen MR) is 161 cm³/mol. The molecule has 5 rings (SSSR count). The number of nitrogens with zero attached hydrogens (tertiary/aromatic N) is 6. The molecule has 38 heavy (non-hydrogen) atoms. The summed E-state index contributed by atoms with van der Waals surface area (Å²) < 4.78 is 12.9. The Morgan fingerprint density at radius 1 is 1.05 bits per heavy atom. The number of hydrogen-bond donors (Lipinski definition) is 0. The van der Waals surface area contributed by atoms with Gasteiger partial charge in [-0.05, 0) is 44.5 Å². The first kappa shape index (κ1) is 27.1. The number of dihydropyridines is 1. The maximum Gasteiger partial charge on any atom is 0.163 e. The lowest BCUT2D eigenvalue weighted by atomic mass is 10.1. The van der Waals surface area contributed by atoms with E-state index in [0.29, 0.717) is 12.5 Å². The van der Waals surface area contributed by atoms with Gasteiger partial charge in [-0.25, -0.2) is 9.97 Å². The van der Waals surface area contributed by atoms with Crippen molar-refractivity contribution in [2.24, 2.45) is 10.9 Å². The van der Waals surface area contributed by atoms with Gasteiger partial charge in [0.25, 0.3) is 0 Å². The van der Waals surface area contributed by atoms with Gasteiger partial charge in [0.05, 0.1) is 19.2 Å². The van der Waals surface area contributed by atoms with Gasteiger partial charge in [0.15, 0.2) is 11.5 Å². The molecule has 3 aliphatic heterocycles. The van der Waals surface area contributed by atoms with Gasteiger partial charge in [-0.15, -0.1) is 0 Å². The van der Waals surface area contributed by atoms with Gasteiger partial charge in [0.1, 0.15) is 16.5 Å². The van der Waals surface area contributed by atoms with Crippen LogP contribution in [0, 0.1) is 5.92 Å². The van der Waals surface area contributed by atoms with Gasteiger partial charge in [-0.2, -0.15) is 0 Å². The molecule has 8 nitrogen and oxygen atoms in total. The molecule has 2 fully saturated rings. The quantitative estimate of drug-likeness (QED) is 0.334. The fourth-order valence-corrected chi connectivity index (χ4v) is 6.56. The monoisotopic (exact) mass is 554 g/mol. The van der Waals surface area contributed by atoms with Crippen LogP contribution in [0.1, 0.15) is 25.7 Å². The number of anilines is 1. The Morgan fingerprint density at radius 2 is 1.89 bits per heavy atom. The van der Waals surface area contributed by atoms with Gasteiger partial charge < -0.3 is 24.2 Å². The smallest absolute Gasteiger partial charge is 0.163 e. The van der Waals surface area contributed by atoms with Gasteiger partial charge in [-0.1, -0.05) is 36.5 Å². The van der Waals surface area contributed by atoms with Crippen LogP contribution >= 0.6 is 24.0 Å². The summed E-state index contributed by atoms with van der Waals surface area (Å²) in [4.78, 5) is 20.7. The van der Waals surface area contributed by atoms with Crippen LogP contribution in [-0.4, -0.2) is 102 Å². The third-order valence-electron chi connectivity index (χ3n) is 7.40.